The smallest absolute Gasteiger partial charge is 0.255 e. The van der Waals surface area contributed by atoms with Crippen LogP contribution < -0.4 is 10.1 Å². The van der Waals surface area contributed by atoms with Crippen molar-refractivity contribution in [2.75, 3.05) is 5.32 Å². The molecular formula is C22H19FN2O2. The minimum absolute atomic E-state index is 0.152. The topological polar surface area (TPSA) is 51.2 Å². The highest BCUT2D eigenvalue weighted by atomic mass is 19.1. The van der Waals surface area contributed by atoms with E-state index < -0.39 is 0 Å². The molecule has 2 aromatic carbocycles. The third-order valence-electron chi connectivity index (χ3n) is 4.50. The van der Waals surface area contributed by atoms with Crippen LogP contribution in [-0.2, 0) is 6.61 Å². The van der Waals surface area contributed by atoms with Gasteiger partial charge in [-0.15, -0.1) is 0 Å². The lowest BCUT2D eigenvalue weighted by Crippen LogP contribution is -2.12. The van der Waals surface area contributed by atoms with E-state index in [4.69, 9.17) is 4.74 Å². The van der Waals surface area contributed by atoms with Gasteiger partial charge in [0.25, 0.3) is 5.91 Å². The summed E-state index contributed by atoms with van der Waals surface area (Å²) in [4.78, 5) is 16.8. The monoisotopic (exact) mass is 362 g/mol. The van der Waals surface area contributed by atoms with Gasteiger partial charge in [-0.3, -0.25) is 9.78 Å². The number of nitrogens with zero attached hydrogens (tertiary/aromatic N) is 1. The number of nitrogens with one attached hydrogen (secondary N) is 1. The van der Waals surface area contributed by atoms with Gasteiger partial charge >= 0.3 is 0 Å². The van der Waals surface area contributed by atoms with E-state index in [1.807, 2.05) is 6.07 Å². The van der Waals surface area contributed by atoms with Gasteiger partial charge in [0.15, 0.2) is 0 Å². The van der Waals surface area contributed by atoms with Crippen LogP contribution in [-0.4, -0.2) is 10.9 Å². The van der Waals surface area contributed by atoms with Crippen molar-refractivity contribution < 1.29 is 13.9 Å². The lowest BCUT2D eigenvalue weighted by atomic mass is 10.1. The van der Waals surface area contributed by atoms with Gasteiger partial charge in [0.05, 0.1) is 0 Å². The Morgan fingerprint density at radius 3 is 2.63 bits per heavy atom. The number of amides is 1. The van der Waals surface area contributed by atoms with Crippen molar-refractivity contribution in [3.05, 3.63) is 89.5 Å². The molecule has 5 heteroatoms. The summed E-state index contributed by atoms with van der Waals surface area (Å²) in [6.45, 7) is 0.152. The average molecular weight is 362 g/mol. The second-order valence-electron chi connectivity index (χ2n) is 6.60. The third kappa shape index (κ3) is 4.31. The van der Waals surface area contributed by atoms with Crippen LogP contribution in [0.4, 0.5) is 10.1 Å². The van der Waals surface area contributed by atoms with Gasteiger partial charge in [-0.25, -0.2) is 4.39 Å². The van der Waals surface area contributed by atoms with Crippen molar-refractivity contribution in [1.29, 1.82) is 0 Å². The van der Waals surface area contributed by atoms with Crippen LogP contribution >= 0.6 is 0 Å². The maximum absolute atomic E-state index is 13.6. The Morgan fingerprint density at radius 1 is 1.11 bits per heavy atom. The molecule has 1 aromatic heterocycles. The number of hydrogen-bond donors (Lipinski definition) is 1. The molecule has 0 bridgehead atoms. The number of benzene rings is 2. The highest BCUT2D eigenvalue weighted by molar-refractivity contribution is 6.04. The Labute approximate surface area is 157 Å². The Bertz CT molecular complexity index is 953. The molecule has 1 fully saturated rings. The van der Waals surface area contributed by atoms with Crippen LogP contribution in [0.2, 0.25) is 0 Å². The number of ether oxygens (including phenoxy) is 1. The average Bonchev–Trinajstić information content (AvgIpc) is 3.54. The van der Waals surface area contributed by atoms with Gasteiger partial charge in [-0.05, 0) is 55.3 Å². The summed E-state index contributed by atoms with van der Waals surface area (Å²) < 4.78 is 19.2. The first kappa shape index (κ1) is 17.2. The summed E-state index contributed by atoms with van der Waals surface area (Å²) >= 11 is 0. The van der Waals surface area contributed by atoms with E-state index in [0.717, 1.165) is 18.5 Å². The zero-order valence-corrected chi connectivity index (χ0v) is 14.7. The van der Waals surface area contributed by atoms with Gasteiger partial charge in [-0.1, -0.05) is 18.2 Å². The number of pyridine rings is 1. The van der Waals surface area contributed by atoms with Crippen molar-refractivity contribution >= 4 is 11.6 Å². The predicted molar refractivity (Wildman–Crippen MR) is 101 cm³/mol. The molecule has 1 aliphatic carbocycles. The molecule has 0 atom stereocenters. The van der Waals surface area contributed by atoms with E-state index in [9.17, 15) is 9.18 Å². The number of rotatable bonds is 6. The molecule has 1 saturated carbocycles. The van der Waals surface area contributed by atoms with E-state index in [0.29, 0.717) is 28.5 Å². The molecule has 0 unspecified atom stereocenters. The molecule has 1 heterocycles. The van der Waals surface area contributed by atoms with Crippen molar-refractivity contribution in [2.45, 2.75) is 25.4 Å². The Hall–Kier alpha value is -3.21. The van der Waals surface area contributed by atoms with Gasteiger partial charge in [-0.2, -0.15) is 0 Å². The number of halogens is 1. The standard InChI is InChI=1S/C22H19FN2O2/c23-20-4-2-1-3-17(20)14-27-19-9-7-18(8-10-19)25-22(26)16-11-12-24-21(13-16)15-5-6-15/h1-4,7-13,15H,5-6,14H2,(H,25,26). The molecule has 1 aliphatic rings. The minimum atomic E-state index is -0.288. The molecule has 0 radical (unpaired) electrons. The highest BCUT2D eigenvalue weighted by Gasteiger charge is 2.25. The van der Waals surface area contributed by atoms with E-state index in [1.54, 1.807) is 54.7 Å². The predicted octanol–water partition coefficient (Wildman–Crippen LogP) is 4.93. The second-order valence-corrected chi connectivity index (χ2v) is 6.60. The number of hydrogen-bond acceptors (Lipinski definition) is 3. The molecule has 1 amide bonds. The Morgan fingerprint density at radius 2 is 1.89 bits per heavy atom. The highest BCUT2D eigenvalue weighted by Crippen LogP contribution is 2.39. The molecule has 3 aromatic rings. The molecule has 1 N–H and O–H groups in total. The molecule has 4 rings (SSSR count). The fourth-order valence-electron chi connectivity index (χ4n) is 2.81. The van der Waals surface area contributed by atoms with Gasteiger partial charge in [0.2, 0.25) is 0 Å². The van der Waals surface area contributed by atoms with Crippen molar-refractivity contribution in [3.8, 4) is 5.75 Å². The van der Waals surface area contributed by atoms with Crippen molar-refractivity contribution in [3.63, 3.8) is 0 Å². The fourth-order valence-corrected chi connectivity index (χ4v) is 2.81. The zero-order valence-electron chi connectivity index (χ0n) is 14.7. The number of anilines is 1. The number of carbonyl (C=O) groups excluding carboxylic acids is 1. The lowest BCUT2D eigenvalue weighted by Gasteiger charge is -2.09. The maximum Gasteiger partial charge on any atom is 0.255 e. The summed E-state index contributed by atoms with van der Waals surface area (Å²) in [5.74, 6) is 0.656. The van der Waals surface area contributed by atoms with E-state index in [-0.39, 0.29) is 18.3 Å². The van der Waals surface area contributed by atoms with Crippen LogP contribution in [0.3, 0.4) is 0 Å². The largest absolute Gasteiger partial charge is 0.489 e. The van der Waals surface area contributed by atoms with Gasteiger partial charge in [0, 0.05) is 34.6 Å². The van der Waals surface area contributed by atoms with Crippen LogP contribution in [0.5, 0.6) is 5.75 Å². The van der Waals surface area contributed by atoms with E-state index in [1.165, 1.54) is 6.07 Å². The van der Waals surface area contributed by atoms with Crippen molar-refractivity contribution in [2.24, 2.45) is 0 Å². The number of aromatic nitrogens is 1. The molecule has 0 spiro atoms. The Kier molecular flexibility index (Phi) is 4.83. The quantitative estimate of drug-likeness (QED) is 0.676. The first-order valence-electron chi connectivity index (χ1n) is 8.92. The molecule has 136 valence electrons. The Balaban J connectivity index is 1.36. The normalized spacial score (nSPS) is 13.2. The lowest BCUT2D eigenvalue weighted by molar-refractivity contribution is 0.102. The maximum atomic E-state index is 13.6. The molecule has 0 saturated heterocycles. The summed E-state index contributed by atoms with van der Waals surface area (Å²) in [5, 5.41) is 2.87. The molecule has 4 nitrogen and oxygen atoms in total. The second kappa shape index (κ2) is 7.58. The summed E-state index contributed by atoms with van der Waals surface area (Å²) in [6, 6.07) is 17.1. The molecule has 0 aliphatic heterocycles. The summed E-state index contributed by atoms with van der Waals surface area (Å²) in [6.07, 6.45) is 3.97. The van der Waals surface area contributed by atoms with E-state index in [2.05, 4.69) is 10.3 Å². The van der Waals surface area contributed by atoms with Gasteiger partial charge < -0.3 is 10.1 Å². The van der Waals surface area contributed by atoms with Crippen LogP contribution in [0, 0.1) is 5.82 Å². The third-order valence-corrected chi connectivity index (χ3v) is 4.50. The first-order valence-corrected chi connectivity index (χ1v) is 8.92. The molecule has 27 heavy (non-hydrogen) atoms. The fraction of sp³-hybridized carbons (Fsp3) is 0.182. The SMILES string of the molecule is O=C(Nc1ccc(OCc2ccccc2F)cc1)c1ccnc(C2CC2)c1. The summed E-state index contributed by atoms with van der Waals surface area (Å²) in [5.41, 5.74) is 2.76. The minimum Gasteiger partial charge on any atom is -0.489 e. The zero-order chi connectivity index (χ0) is 18.6. The van der Waals surface area contributed by atoms with Crippen molar-refractivity contribution in [1.82, 2.24) is 4.98 Å². The summed E-state index contributed by atoms with van der Waals surface area (Å²) in [7, 11) is 0. The van der Waals surface area contributed by atoms with Crippen LogP contribution in [0.1, 0.15) is 40.4 Å². The van der Waals surface area contributed by atoms with E-state index >= 15 is 0 Å². The van der Waals surface area contributed by atoms with Gasteiger partial charge in [0.1, 0.15) is 18.2 Å². The van der Waals surface area contributed by atoms with Crippen LogP contribution in [0.25, 0.3) is 0 Å². The molecular weight excluding hydrogens is 343 g/mol. The van der Waals surface area contributed by atoms with Crippen LogP contribution in [0.15, 0.2) is 66.9 Å². The first-order chi connectivity index (χ1) is 13.2. The number of carbonyl (C=O) groups is 1.